The van der Waals surface area contributed by atoms with Crippen LogP contribution in [0.3, 0.4) is 0 Å². The molecule has 7 nitrogen and oxygen atoms in total. The summed E-state index contributed by atoms with van der Waals surface area (Å²) < 4.78 is 10.2. The number of hydrogen-bond acceptors (Lipinski definition) is 6. The number of ether oxygens (including phenoxy) is 2. The Bertz CT molecular complexity index is 266. The van der Waals surface area contributed by atoms with Crippen molar-refractivity contribution >= 4 is 24.1 Å². The highest BCUT2D eigenvalue weighted by Gasteiger charge is 2.17. The van der Waals surface area contributed by atoms with E-state index in [1.54, 1.807) is 7.11 Å². The summed E-state index contributed by atoms with van der Waals surface area (Å²) in [6.45, 7) is 2.44. The molecule has 0 aliphatic heterocycles. The Kier molecular flexibility index (Phi) is 10.6. The van der Waals surface area contributed by atoms with Gasteiger partial charge in [-0.25, -0.2) is 4.79 Å². The molecule has 0 bridgehead atoms. The lowest BCUT2D eigenvalue weighted by molar-refractivity contribution is -0.139. The lowest BCUT2D eigenvalue weighted by Crippen LogP contribution is -2.38. The minimum Gasteiger partial charge on any atom is -0.480 e. The van der Waals surface area contributed by atoms with Crippen LogP contribution in [0.5, 0.6) is 0 Å². The second-order valence-corrected chi connectivity index (χ2v) is 5.04. The number of carboxylic acids is 1. The number of thioether (sulfide) groups is 1. The van der Waals surface area contributed by atoms with E-state index >= 15 is 0 Å². The van der Waals surface area contributed by atoms with Crippen molar-refractivity contribution in [1.29, 1.82) is 0 Å². The zero-order valence-electron chi connectivity index (χ0n) is 11.1. The van der Waals surface area contributed by atoms with Gasteiger partial charge < -0.3 is 25.0 Å². The quantitative estimate of drug-likeness (QED) is 0.410. The smallest absolute Gasteiger partial charge is 0.327 e. The third-order valence-corrected chi connectivity index (χ3v) is 3.33. The number of aliphatic hydroxyl groups excluding tert-OH is 1. The van der Waals surface area contributed by atoms with Crippen LogP contribution >= 0.6 is 11.8 Å². The first kappa shape index (κ1) is 18.2. The average molecular weight is 295 g/mol. The van der Waals surface area contributed by atoms with Crippen LogP contribution in [0.1, 0.15) is 6.92 Å². The molecule has 0 aromatic rings. The van der Waals surface area contributed by atoms with Gasteiger partial charge in [-0.1, -0.05) is 0 Å². The Morgan fingerprint density at radius 3 is 2.63 bits per heavy atom. The minimum atomic E-state index is -1.10. The summed E-state index contributed by atoms with van der Waals surface area (Å²) in [6.07, 6.45) is -0.436. The van der Waals surface area contributed by atoms with Gasteiger partial charge in [0, 0.05) is 18.6 Å². The van der Waals surface area contributed by atoms with Crippen LogP contribution in [0.2, 0.25) is 0 Å². The van der Waals surface area contributed by atoms with Crippen molar-refractivity contribution in [1.82, 2.24) is 5.32 Å². The van der Waals surface area contributed by atoms with E-state index in [1.807, 2.05) is 6.92 Å². The normalized spacial score (nSPS) is 15.5. The number of carbonyl (C=O) groups excluding carboxylic acids is 1. The number of hydrogen-bond donors (Lipinski definition) is 3. The molecule has 8 heteroatoms. The summed E-state index contributed by atoms with van der Waals surface area (Å²) >= 11 is 1.24. The number of nitrogens with one attached hydrogen (secondary N) is 1. The van der Waals surface area contributed by atoms with Crippen LogP contribution in [0.25, 0.3) is 0 Å². The average Bonchev–Trinajstić information content (AvgIpc) is 2.35. The molecule has 1 amide bonds. The zero-order valence-corrected chi connectivity index (χ0v) is 11.9. The highest BCUT2D eigenvalue weighted by Crippen LogP contribution is 2.07. The summed E-state index contributed by atoms with van der Waals surface area (Å²) in [5.74, 6) is -0.568. The molecule has 0 saturated carbocycles. The lowest BCUT2D eigenvalue weighted by Gasteiger charge is -2.16. The van der Waals surface area contributed by atoms with Gasteiger partial charge in [-0.3, -0.25) is 4.79 Å². The summed E-state index contributed by atoms with van der Waals surface area (Å²) in [5.41, 5.74) is 0. The minimum absolute atomic E-state index is 0.104. The molecule has 0 aromatic heterocycles. The Labute approximate surface area is 116 Å². The molecule has 0 spiro atoms. The molecule has 0 heterocycles. The van der Waals surface area contributed by atoms with Gasteiger partial charge in [0.15, 0.2) is 0 Å². The third-order valence-electron chi connectivity index (χ3n) is 2.14. The van der Waals surface area contributed by atoms with E-state index in [0.717, 1.165) is 0 Å². The molecule has 0 aliphatic rings. The second kappa shape index (κ2) is 11.0. The fourth-order valence-corrected chi connectivity index (χ4v) is 2.18. The summed E-state index contributed by atoms with van der Waals surface area (Å²) in [4.78, 5) is 20.9. The second-order valence-electron chi connectivity index (χ2n) is 3.97. The standard InChI is InChI=1S/C11H21NO6S/c1-8(3-17-2)18-4-9(14)5-19-6-10(11(15)16)12-7-13/h7-10,14H,3-6H2,1-2H3,(H,12,13)(H,15,16). The van der Waals surface area contributed by atoms with Crippen molar-refractivity contribution < 1.29 is 29.3 Å². The van der Waals surface area contributed by atoms with Crippen LogP contribution in [0, 0.1) is 0 Å². The van der Waals surface area contributed by atoms with Gasteiger partial charge >= 0.3 is 5.97 Å². The fourth-order valence-electron chi connectivity index (χ4n) is 1.20. The maximum absolute atomic E-state index is 10.7. The first-order valence-corrected chi connectivity index (χ1v) is 6.95. The molecule has 19 heavy (non-hydrogen) atoms. The van der Waals surface area contributed by atoms with Gasteiger partial charge in [0.25, 0.3) is 0 Å². The van der Waals surface area contributed by atoms with Gasteiger partial charge in [0.2, 0.25) is 6.41 Å². The summed E-state index contributed by atoms with van der Waals surface area (Å²) in [6, 6.07) is -0.942. The molecule has 0 aromatic carbocycles. The molecular weight excluding hydrogens is 274 g/mol. The Morgan fingerprint density at radius 2 is 2.11 bits per heavy atom. The summed E-state index contributed by atoms with van der Waals surface area (Å²) in [7, 11) is 1.57. The molecule has 0 rings (SSSR count). The van der Waals surface area contributed by atoms with Crippen LogP contribution in [-0.4, -0.2) is 72.7 Å². The van der Waals surface area contributed by atoms with Crippen molar-refractivity contribution in [2.24, 2.45) is 0 Å². The molecular formula is C11H21NO6S. The molecule has 112 valence electrons. The summed E-state index contributed by atoms with van der Waals surface area (Å²) in [5, 5.41) is 20.6. The number of methoxy groups -OCH3 is 1. The van der Waals surface area contributed by atoms with Gasteiger partial charge in [-0.15, -0.1) is 0 Å². The van der Waals surface area contributed by atoms with Crippen molar-refractivity contribution in [2.75, 3.05) is 31.8 Å². The van der Waals surface area contributed by atoms with E-state index in [4.69, 9.17) is 14.6 Å². The first-order chi connectivity index (χ1) is 9.01. The van der Waals surface area contributed by atoms with Gasteiger partial charge in [0.05, 0.1) is 25.4 Å². The monoisotopic (exact) mass is 295 g/mol. The maximum Gasteiger partial charge on any atom is 0.327 e. The number of aliphatic hydroxyl groups is 1. The molecule has 0 fully saturated rings. The molecule has 3 unspecified atom stereocenters. The Balaban J connectivity index is 3.74. The fraction of sp³-hybridized carbons (Fsp3) is 0.818. The van der Waals surface area contributed by atoms with E-state index in [-0.39, 0.29) is 18.5 Å². The predicted molar refractivity (Wildman–Crippen MR) is 71.2 cm³/mol. The Hall–Kier alpha value is -0.830. The van der Waals surface area contributed by atoms with Crippen LogP contribution < -0.4 is 5.32 Å². The van der Waals surface area contributed by atoms with Gasteiger partial charge in [-0.05, 0) is 6.92 Å². The zero-order chi connectivity index (χ0) is 14.7. The third kappa shape index (κ3) is 9.71. The molecule has 0 saturated heterocycles. The van der Waals surface area contributed by atoms with Crippen molar-refractivity contribution in [3.63, 3.8) is 0 Å². The largest absolute Gasteiger partial charge is 0.480 e. The SMILES string of the molecule is COCC(C)OCC(O)CSCC(NC=O)C(=O)O. The number of amides is 1. The topological polar surface area (TPSA) is 105 Å². The highest BCUT2D eigenvalue weighted by atomic mass is 32.2. The van der Waals surface area contributed by atoms with Crippen LogP contribution in [0.15, 0.2) is 0 Å². The van der Waals surface area contributed by atoms with Crippen molar-refractivity contribution in [2.45, 2.75) is 25.2 Å². The van der Waals surface area contributed by atoms with E-state index < -0.39 is 18.1 Å². The number of aliphatic carboxylic acids is 1. The molecule has 3 N–H and O–H groups in total. The van der Waals surface area contributed by atoms with Crippen LogP contribution in [-0.2, 0) is 19.1 Å². The molecule has 0 radical (unpaired) electrons. The molecule has 0 aliphatic carbocycles. The lowest BCUT2D eigenvalue weighted by atomic mass is 10.3. The van der Waals surface area contributed by atoms with E-state index in [1.165, 1.54) is 11.8 Å². The van der Waals surface area contributed by atoms with Crippen molar-refractivity contribution in [3.8, 4) is 0 Å². The van der Waals surface area contributed by atoms with E-state index in [0.29, 0.717) is 18.8 Å². The van der Waals surface area contributed by atoms with E-state index in [9.17, 15) is 14.7 Å². The van der Waals surface area contributed by atoms with Crippen LogP contribution in [0.4, 0.5) is 0 Å². The number of rotatable bonds is 12. The highest BCUT2D eigenvalue weighted by molar-refractivity contribution is 7.99. The van der Waals surface area contributed by atoms with Gasteiger partial charge in [-0.2, -0.15) is 11.8 Å². The maximum atomic E-state index is 10.7. The van der Waals surface area contributed by atoms with Gasteiger partial charge in [0.1, 0.15) is 6.04 Å². The number of carboxylic acid groups (broad SMARTS) is 1. The molecule has 3 atom stereocenters. The Morgan fingerprint density at radius 1 is 1.42 bits per heavy atom. The first-order valence-electron chi connectivity index (χ1n) is 5.80. The predicted octanol–water partition coefficient (Wildman–Crippen LogP) is -0.669. The van der Waals surface area contributed by atoms with E-state index in [2.05, 4.69) is 5.32 Å². The number of carbonyl (C=O) groups is 2. The van der Waals surface area contributed by atoms with Crippen molar-refractivity contribution in [3.05, 3.63) is 0 Å².